The predicted molar refractivity (Wildman–Crippen MR) is 66.2 cm³/mol. The van der Waals surface area contributed by atoms with E-state index in [1.54, 1.807) is 5.38 Å². The van der Waals surface area contributed by atoms with Crippen LogP contribution in [0.3, 0.4) is 0 Å². The number of hydrogen-bond donors (Lipinski definition) is 2. The van der Waals surface area contributed by atoms with E-state index in [2.05, 4.69) is 27.1 Å². The van der Waals surface area contributed by atoms with Crippen molar-refractivity contribution >= 4 is 16.5 Å². The molecule has 16 heavy (non-hydrogen) atoms. The molecule has 1 fully saturated rings. The minimum absolute atomic E-state index is 0.104. The summed E-state index contributed by atoms with van der Waals surface area (Å²) in [7, 11) is 2.16. The number of thiazole rings is 1. The van der Waals surface area contributed by atoms with E-state index in [0.29, 0.717) is 0 Å². The molecular formula is C10H18N4OS. The second kappa shape index (κ2) is 5.47. The van der Waals surface area contributed by atoms with Crippen LogP contribution in [0, 0.1) is 0 Å². The van der Waals surface area contributed by atoms with Crippen LogP contribution in [0.4, 0.5) is 5.13 Å². The average molecular weight is 242 g/mol. The van der Waals surface area contributed by atoms with Gasteiger partial charge in [0.25, 0.3) is 0 Å². The molecule has 0 spiro atoms. The molecule has 2 N–H and O–H groups in total. The summed E-state index contributed by atoms with van der Waals surface area (Å²) in [5, 5.41) is 14.7. The normalized spacial score (nSPS) is 18.8. The second-order valence-electron chi connectivity index (χ2n) is 4.08. The zero-order valence-electron chi connectivity index (χ0n) is 9.52. The van der Waals surface area contributed by atoms with Crippen molar-refractivity contribution in [3.8, 4) is 5.88 Å². The van der Waals surface area contributed by atoms with Crippen molar-refractivity contribution in [3.05, 3.63) is 5.38 Å². The predicted octanol–water partition coefficient (Wildman–Crippen LogP) is 0.508. The Labute approximate surface area is 99.7 Å². The van der Waals surface area contributed by atoms with Crippen LogP contribution in [-0.4, -0.2) is 66.2 Å². The molecule has 0 radical (unpaired) electrons. The van der Waals surface area contributed by atoms with Gasteiger partial charge in [0.1, 0.15) is 0 Å². The van der Waals surface area contributed by atoms with Crippen molar-refractivity contribution in [3.63, 3.8) is 0 Å². The van der Waals surface area contributed by atoms with Gasteiger partial charge in [-0.2, -0.15) is 4.98 Å². The molecule has 1 aliphatic rings. The first kappa shape index (κ1) is 11.6. The van der Waals surface area contributed by atoms with Crippen molar-refractivity contribution in [1.29, 1.82) is 0 Å². The Balaban J connectivity index is 1.64. The molecule has 0 aromatic carbocycles. The maximum atomic E-state index is 9.07. The molecule has 1 aliphatic heterocycles. The molecule has 1 aromatic heterocycles. The van der Waals surface area contributed by atoms with Gasteiger partial charge in [-0.05, 0) is 7.05 Å². The fourth-order valence-electron chi connectivity index (χ4n) is 1.74. The Morgan fingerprint density at radius 2 is 2.19 bits per heavy atom. The highest BCUT2D eigenvalue weighted by Crippen LogP contribution is 2.18. The van der Waals surface area contributed by atoms with Crippen molar-refractivity contribution < 1.29 is 5.11 Å². The van der Waals surface area contributed by atoms with Crippen LogP contribution in [0.5, 0.6) is 5.88 Å². The first-order valence-electron chi connectivity index (χ1n) is 5.53. The summed E-state index contributed by atoms with van der Waals surface area (Å²) in [4.78, 5) is 8.74. The maximum absolute atomic E-state index is 9.07. The van der Waals surface area contributed by atoms with Crippen molar-refractivity contribution in [2.45, 2.75) is 0 Å². The summed E-state index contributed by atoms with van der Waals surface area (Å²) in [6.45, 7) is 6.50. The van der Waals surface area contributed by atoms with Crippen molar-refractivity contribution in [1.82, 2.24) is 14.8 Å². The minimum Gasteiger partial charge on any atom is -0.493 e. The largest absolute Gasteiger partial charge is 0.493 e. The Hall–Kier alpha value is -0.850. The topological polar surface area (TPSA) is 51.6 Å². The Kier molecular flexibility index (Phi) is 3.98. The number of rotatable bonds is 4. The molecule has 1 aromatic rings. The van der Waals surface area contributed by atoms with E-state index in [0.717, 1.165) is 44.4 Å². The summed E-state index contributed by atoms with van der Waals surface area (Å²) in [6, 6.07) is 0. The molecule has 1 saturated heterocycles. The number of likely N-dealkylation sites (N-methyl/N-ethyl adjacent to an activating group) is 1. The number of hydrogen-bond acceptors (Lipinski definition) is 6. The Bertz CT molecular complexity index is 322. The van der Waals surface area contributed by atoms with Crippen LogP contribution >= 0.6 is 11.3 Å². The Morgan fingerprint density at radius 3 is 2.81 bits per heavy atom. The third-order valence-electron chi connectivity index (χ3n) is 2.79. The molecule has 6 heteroatoms. The Morgan fingerprint density at radius 1 is 1.44 bits per heavy atom. The van der Waals surface area contributed by atoms with E-state index in [4.69, 9.17) is 5.11 Å². The van der Waals surface area contributed by atoms with E-state index >= 15 is 0 Å². The fourth-order valence-corrected chi connectivity index (χ4v) is 2.34. The zero-order valence-corrected chi connectivity index (χ0v) is 10.3. The lowest BCUT2D eigenvalue weighted by Gasteiger charge is -2.32. The van der Waals surface area contributed by atoms with Gasteiger partial charge in [0.05, 0.1) is 5.38 Å². The summed E-state index contributed by atoms with van der Waals surface area (Å²) >= 11 is 1.44. The summed E-state index contributed by atoms with van der Waals surface area (Å²) in [6.07, 6.45) is 0. The van der Waals surface area contributed by atoms with Crippen LogP contribution in [0.25, 0.3) is 0 Å². The van der Waals surface area contributed by atoms with Gasteiger partial charge in [-0.15, -0.1) is 11.3 Å². The number of nitrogens with one attached hydrogen (secondary N) is 1. The monoisotopic (exact) mass is 242 g/mol. The molecule has 0 unspecified atom stereocenters. The number of anilines is 1. The average Bonchev–Trinajstić information content (AvgIpc) is 2.67. The van der Waals surface area contributed by atoms with Crippen LogP contribution < -0.4 is 5.32 Å². The van der Waals surface area contributed by atoms with E-state index in [9.17, 15) is 0 Å². The molecule has 0 bridgehead atoms. The fraction of sp³-hybridized carbons (Fsp3) is 0.700. The summed E-state index contributed by atoms with van der Waals surface area (Å²) < 4.78 is 0. The van der Waals surface area contributed by atoms with Crippen LogP contribution in [0.2, 0.25) is 0 Å². The second-order valence-corrected chi connectivity index (χ2v) is 4.94. The lowest BCUT2D eigenvalue weighted by atomic mass is 10.3. The van der Waals surface area contributed by atoms with E-state index in [1.165, 1.54) is 11.3 Å². The molecule has 0 saturated carbocycles. The number of piperazine rings is 1. The lowest BCUT2D eigenvalue weighted by Crippen LogP contribution is -2.45. The quantitative estimate of drug-likeness (QED) is 0.805. The van der Waals surface area contributed by atoms with Crippen LogP contribution in [0.1, 0.15) is 0 Å². The smallest absolute Gasteiger partial charge is 0.223 e. The van der Waals surface area contributed by atoms with Gasteiger partial charge in [0.15, 0.2) is 5.13 Å². The van der Waals surface area contributed by atoms with E-state index < -0.39 is 0 Å². The summed E-state index contributed by atoms with van der Waals surface area (Å²) in [5.41, 5.74) is 0. The molecular weight excluding hydrogens is 224 g/mol. The molecule has 2 heterocycles. The summed E-state index contributed by atoms with van der Waals surface area (Å²) in [5.74, 6) is 0.104. The highest BCUT2D eigenvalue weighted by Gasteiger charge is 2.12. The molecule has 2 rings (SSSR count). The van der Waals surface area contributed by atoms with Gasteiger partial charge in [-0.3, -0.25) is 4.90 Å². The van der Waals surface area contributed by atoms with Crippen LogP contribution in [0.15, 0.2) is 5.38 Å². The van der Waals surface area contributed by atoms with Gasteiger partial charge in [-0.25, -0.2) is 0 Å². The molecule has 0 amide bonds. The van der Waals surface area contributed by atoms with Gasteiger partial charge in [-0.1, -0.05) is 0 Å². The minimum atomic E-state index is 0.104. The van der Waals surface area contributed by atoms with E-state index in [1.807, 2.05) is 0 Å². The number of aromatic nitrogens is 1. The first-order chi connectivity index (χ1) is 7.74. The molecule has 0 atom stereocenters. The maximum Gasteiger partial charge on any atom is 0.223 e. The van der Waals surface area contributed by atoms with Gasteiger partial charge < -0.3 is 15.3 Å². The van der Waals surface area contributed by atoms with Gasteiger partial charge in [0.2, 0.25) is 5.88 Å². The molecule has 0 aliphatic carbocycles. The number of aromatic hydroxyl groups is 1. The lowest BCUT2D eigenvalue weighted by molar-refractivity contribution is 0.158. The van der Waals surface area contributed by atoms with E-state index in [-0.39, 0.29) is 5.88 Å². The van der Waals surface area contributed by atoms with Gasteiger partial charge in [0, 0.05) is 39.3 Å². The highest BCUT2D eigenvalue weighted by atomic mass is 32.1. The highest BCUT2D eigenvalue weighted by molar-refractivity contribution is 7.13. The van der Waals surface area contributed by atoms with Crippen molar-refractivity contribution in [2.24, 2.45) is 0 Å². The standard InChI is InChI=1S/C10H18N4OS/c1-13-4-6-14(7-5-13)3-2-11-10-12-9(15)8-16-10/h8,15H,2-7H2,1H3,(H,11,12). The molecule has 90 valence electrons. The third-order valence-corrected chi connectivity index (χ3v) is 3.58. The van der Waals surface area contributed by atoms with Crippen LogP contribution in [-0.2, 0) is 0 Å². The van der Waals surface area contributed by atoms with Crippen molar-refractivity contribution in [2.75, 3.05) is 51.6 Å². The first-order valence-corrected chi connectivity index (χ1v) is 6.41. The SMILES string of the molecule is CN1CCN(CCNc2nc(O)cs2)CC1. The zero-order chi connectivity index (χ0) is 11.4. The third kappa shape index (κ3) is 3.33. The number of nitrogens with zero attached hydrogens (tertiary/aromatic N) is 3. The molecule has 5 nitrogen and oxygen atoms in total. The van der Waals surface area contributed by atoms with Gasteiger partial charge >= 0.3 is 0 Å².